The Morgan fingerprint density at radius 3 is 1.02 bits per heavy atom. The van der Waals surface area contributed by atoms with Gasteiger partial charge in [0.1, 0.15) is 13.2 Å². The van der Waals surface area contributed by atoms with E-state index in [1.807, 2.05) is 0 Å². The molecule has 0 bridgehead atoms. The van der Waals surface area contributed by atoms with Crippen molar-refractivity contribution in [1.82, 2.24) is 0 Å². The van der Waals surface area contributed by atoms with Crippen LogP contribution in [0.25, 0.3) is 0 Å². The number of carbonyl (C=O) groups is 3. The van der Waals surface area contributed by atoms with Crippen LogP contribution in [-0.4, -0.2) is 37.2 Å². The average Bonchev–Trinajstić information content (AvgIpc) is 3.06. The molecule has 0 aromatic heterocycles. The van der Waals surface area contributed by atoms with Crippen molar-refractivity contribution >= 4 is 17.9 Å². The van der Waals surface area contributed by atoms with E-state index in [9.17, 15) is 14.4 Å². The Morgan fingerprint density at radius 1 is 0.396 bits per heavy atom. The first-order chi connectivity index (χ1) is 23.4. The Labute approximate surface area is 298 Å². The van der Waals surface area contributed by atoms with Gasteiger partial charge in [0.25, 0.3) is 0 Å². The van der Waals surface area contributed by atoms with Gasteiger partial charge in [-0.1, -0.05) is 188 Å². The molecule has 0 aliphatic rings. The molecule has 0 rings (SSSR count). The predicted molar refractivity (Wildman–Crippen MR) is 201 cm³/mol. The van der Waals surface area contributed by atoms with Crippen LogP contribution in [0.4, 0.5) is 0 Å². The smallest absolute Gasteiger partial charge is 0.306 e. The van der Waals surface area contributed by atoms with Crippen molar-refractivity contribution in [2.45, 2.75) is 233 Å². The van der Waals surface area contributed by atoms with Crippen LogP contribution >= 0.6 is 0 Å². The molecule has 0 N–H and O–H groups in total. The summed E-state index contributed by atoms with van der Waals surface area (Å²) < 4.78 is 16.6. The van der Waals surface area contributed by atoms with E-state index >= 15 is 0 Å². The maximum Gasteiger partial charge on any atom is 0.306 e. The van der Waals surface area contributed by atoms with Gasteiger partial charge in [0.15, 0.2) is 6.10 Å². The van der Waals surface area contributed by atoms with Crippen molar-refractivity contribution in [3.05, 3.63) is 0 Å². The molecule has 0 aliphatic heterocycles. The van der Waals surface area contributed by atoms with Crippen LogP contribution in [-0.2, 0) is 28.6 Å². The lowest BCUT2D eigenvalue weighted by molar-refractivity contribution is -0.167. The Balaban J connectivity index is 4.34. The minimum Gasteiger partial charge on any atom is -0.462 e. The lowest BCUT2D eigenvalue weighted by Gasteiger charge is -2.18. The molecule has 0 radical (unpaired) electrons. The fourth-order valence-electron chi connectivity index (χ4n) is 6.10. The quantitative estimate of drug-likeness (QED) is 0.0369. The van der Waals surface area contributed by atoms with Gasteiger partial charge in [0.05, 0.1) is 0 Å². The summed E-state index contributed by atoms with van der Waals surface area (Å²) in [5, 5.41) is 0. The molecule has 6 heteroatoms. The Bertz CT molecular complexity index is 721. The molecule has 6 nitrogen and oxygen atoms in total. The van der Waals surface area contributed by atoms with Crippen molar-refractivity contribution in [2.75, 3.05) is 13.2 Å². The third-order valence-corrected chi connectivity index (χ3v) is 9.29. The standard InChI is InChI=1S/C42H80O6/c1-5-7-9-11-13-15-16-17-19-21-27-31-35-42(45)48-39(36-46-40(43)33-29-25-20-18-14-12-10-8-6-2)37-47-41(44)34-30-26-23-22-24-28-32-38(3)4/h38-39H,5-37H2,1-4H3/t39-/m0/s1. The first kappa shape index (κ1) is 46.4. The fourth-order valence-corrected chi connectivity index (χ4v) is 6.10. The van der Waals surface area contributed by atoms with Gasteiger partial charge in [-0.2, -0.15) is 0 Å². The normalized spacial score (nSPS) is 11.9. The highest BCUT2D eigenvalue weighted by Gasteiger charge is 2.19. The van der Waals surface area contributed by atoms with Crippen LogP contribution in [0, 0.1) is 5.92 Å². The van der Waals surface area contributed by atoms with Gasteiger partial charge in [-0.3, -0.25) is 14.4 Å². The summed E-state index contributed by atoms with van der Waals surface area (Å²) in [4.78, 5) is 37.4. The topological polar surface area (TPSA) is 78.9 Å². The van der Waals surface area contributed by atoms with E-state index in [0.717, 1.165) is 63.7 Å². The zero-order valence-corrected chi connectivity index (χ0v) is 32.4. The lowest BCUT2D eigenvalue weighted by atomic mass is 10.0. The molecule has 0 fully saturated rings. The van der Waals surface area contributed by atoms with Gasteiger partial charge in [-0.25, -0.2) is 0 Å². The molecular formula is C42H80O6. The minimum absolute atomic E-state index is 0.0654. The molecule has 0 saturated heterocycles. The molecule has 48 heavy (non-hydrogen) atoms. The van der Waals surface area contributed by atoms with Crippen molar-refractivity contribution in [3.8, 4) is 0 Å². The zero-order chi connectivity index (χ0) is 35.3. The Hall–Kier alpha value is -1.59. The Kier molecular flexibility index (Phi) is 35.5. The van der Waals surface area contributed by atoms with Crippen LogP contribution in [0.2, 0.25) is 0 Å². The molecule has 0 spiro atoms. The van der Waals surface area contributed by atoms with Gasteiger partial charge < -0.3 is 14.2 Å². The van der Waals surface area contributed by atoms with Crippen LogP contribution in [0.5, 0.6) is 0 Å². The SMILES string of the molecule is CCCCCCCCCCCCCCC(=O)O[C@@H](COC(=O)CCCCCCCCCCC)COC(=O)CCCCCCCCC(C)C. The van der Waals surface area contributed by atoms with E-state index < -0.39 is 6.10 Å². The summed E-state index contributed by atoms with van der Waals surface area (Å²) in [6.45, 7) is 8.89. The summed E-state index contributed by atoms with van der Waals surface area (Å²) >= 11 is 0. The second kappa shape index (κ2) is 36.7. The number of hydrogen-bond donors (Lipinski definition) is 0. The maximum absolute atomic E-state index is 12.6. The Morgan fingerprint density at radius 2 is 0.688 bits per heavy atom. The van der Waals surface area contributed by atoms with E-state index in [0.29, 0.717) is 19.3 Å². The molecule has 0 aliphatic carbocycles. The van der Waals surface area contributed by atoms with Crippen molar-refractivity contribution < 1.29 is 28.6 Å². The summed E-state index contributed by atoms with van der Waals surface area (Å²) in [6.07, 6.45) is 33.8. The number of hydrogen-bond acceptors (Lipinski definition) is 6. The highest BCUT2D eigenvalue weighted by atomic mass is 16.6. The first-order valence-electron chi connectivity index (χ1n) is 20.9. The first-order valence-corrected chi connectivity index (χ1v) is 20.9. The second-order valence-corrected chi connectivity index (χ2v) is 14.7. The molecule has 0 aromatic carbocycles. The van der Waals surface area contributed by atoms with E-state index in [1.54, 1.807) is 0 Å². The second-order valence-electron chi connectivity index (χ2n) is 14.7. The van der Waals surface area contributed by atoms with E-state index in [1.165, 1.54) is 122 Å². The number of rotatable bonds is 37. The third-order valence-electron chi connectivity index (χ3n) is 9.29. The van der Waals surface area contributed by atoms with E-state index in [2.05, 4.69) is 27.7 Å². The van der Waals surface area contributed by atoms with Gasteiger partial charge >= 0.3 is 17.9 Å². The van der Waals surface area contributed by atoms with Crippen LogP contribution in [0.15, 0.2) is 0 Å². The number of unbranched alkanes of at least 4 members (excludes halogenated alkanes) is 24. The van der Waals surface area contributed by atoms with Crippen LogP contribution in [0.3, 0.4) is 0 Å². The van der Waals surface area contributed by atoms with Crippen LogP contribution < -0.4 is 0 Å². The average molecular weight is 681 g/mol. The predicted octanol–water partition coefficient (Wildman–Crippen LogP) is 12.8. The third kappa shape index (κ3) is 35.7. The number of carbonyl (C=O) groups excluding carboxylic acids is 3. The molecule has 0 amide bonds. The molecule has 0 unspecified atom stereocenters. The number of esters is 3. The van der Waals surface area contributed by atoms with Gasteiger partial charge in [0, 0.05) is 19.3 Å². The molecule has 1 atom stereocenters. The summed E-state index contributed by atoms with van der Waals surface area (Å²) in [7, 11) is 0. The monoisotopic (exact) mass is 681 g/mol. The van der Waals surface area contributed by atoms with Crippen LogP contribution in [0.1, 0.15) is 227 Å². The van der Waals surface area contributed by atoms with Gasteiger partial charge in [0.2, 0.25) is 0 Å². The van der Waals surface area contributed by atoms with E-state index in [-0.39, 0.29) is 31.1 Å². The maximum atomic E-state index is 12.6. The zero-order valence-electron chi connectivity index (χ0n) is 32.4. The molecule has 0 heterocycles. The summed E-state index contributed by atoms with van der Waals surface area (Å²) in [5.41, 5.74) is 0. The highest BCUT2D eigenvalue weighted by molar-refractivity contribution is 5.71. The van der Waals surface area contributed by atoms with Crippen molar-refractivity contribution in [3.63, 3.8) is 0 Å². The molecular weight excluding hydrogens is 600 g/mol. The highest BCUT2D eigenvalue weighted by Crippen LogP contribution is 2.15. The molecule has 284 valence electrons. The molecule has 0 aromatic rings. The minimum atomic E-state index is -0.758. The summed E-state index contributed by atoms with van der Waals surface area (Å²) in [6, 6.07) is 0. The fraction of sp³-hybridized carbons (Fsp3) is 0.929. The van der Waals surface area contributed by atoms with Gasteiger partial charge in [-0.15, -0.1) is 0 Å². The number of ether oxygens (including phenoxy) is 3. The molecule has 0 saturated carbocycles. The van der Waals surface area contributed by atoms with Crippen molar-refractivity contribution in [2.24, 2.45) is 5.92 Å². The largest absolute Gasteiger partial charge is 0.462 e. The lowest BCUT2D eigenvalue weighted by Crippen LogP contribution is -2.30. The van der Waals surface area contributed by atoms with E-state index in [4.69, 9.17) is 14.2 Å². The van der Waals surface area contributed by atoms with Gasteiger partial charge in [-0.05, 0) is 25.2 Å². The van der Waals surface area contributed by atoms with Crippen molar-refractivity contribution in [1.29, 1.82) is 0 Å². The summed E-state index contributed by atoms with van der Waals surface area (Å²) in [5.74, 6) is -0.103.